The van der Waals surface area contributed by atoms with Crippen molar-refractivity contribution < 1.29 is 14.3 Å². The smallest absolute Gasteiger partial charge is 0.259 e. The van der Waals surface area contributed by atoms with Crippen molar-refractivity contribution in [1.82, 2.24) is 0 Å². The molecule has 0 radical (unpaired) electrons. The summed E-state index contributed by atoms with van der Waals surface area (Å²) >= 11 is 5.88. The Labute approximate surface area is 139 Å². The maximum Gasteiger partial charge on any atom is 0.259 e. The van der Waals surface area contributed by atoms with Crippen molar-refractivity contribution in [2.75, 3.05) is 12.0 Å². The molecule has 118 valence electrons. The van der Waals surface area contributed by atoms with Gasteiger partial charge in [0, 0.05) is 22.7 Å². The first-order chi connectivity index (χ1) is 11.0. The van der Waals surface area contributed by atoms with Crippen LogP contribution in [-0.4, -0.2) is 24.8 Å². The highest BCUT2D eigenvalue weighted by molar-refractivity contribution is 6.30. The summed E-state index contributed by atoms with van der Waals surface area (Å²) in [6.45, 7) is 1.76. The highest BCUT2D eigenvalue weighted by Crippen LogP contribution is 2.40. The van der Waals surface area contributed by atoms with Crippen LogP contribution in [0.1, 0.15) is 22.8 Å². The summed E-state index contributed by atoms with van der Waals surface area (Å²) in [5, 5.41) is 0.561. The molecule has 23 heavy (non-hydrogen) atoms. The fourth-order valence-electron chi connectivity index (χ4n) is 2.95. The van der Waals surface area contributed by atoms with Gasteiger partial charge in [-0.05, 0) is 55.0 Å². The van der Waals surface area contributed by atoms with Crippen molar-refractivity contribution >= 4 is 29.5 Å². The second kappa shape index (κ2) is 5.70. The quantitative estimate of drug-likeness (QED) is 0.810. The first kappa shape index (κ1) is 15.6. The van der Waals surface area contributed by atoms with Crippen LogP contribution in [0.5, 0.6) is 5.75 Å². The average Bonchev–Trinajstić information content (AvgIpc) is 2.86. The van der Waals surface area contributed by atoms with Gasteiger partial charge in [0.15, 0.2) is 0 Å². The SMILES string of the molecule is COc1ccc2c(c1)CC(C)(C=O)N2C(=O)c1ccc(Cl)cc1. The van der Waals surface area contributed by atoms with Crippen LogP contribution in [-0.2, 0) is 11.2 Å². The van der Waals surface area contributed by atoms with E-state index in [2.05, 4.69) is 0 Å². The molecule has 0 fully saturated rings. The topological polar surface area (TPSA) is 46.6 Å². The summed E-state index contributed by atoms with van der Waals surface area (Å²) in [5.41, 5.74) is 1.23. The van der Waals surface area contributed by atoms with Gasteiger partial charge in [-0.2, -0.15) is 0 Å². The molecule has 2 aromatic carbocycles. The van der Waals surface area contributed by atoms with Crippen LogP contribution in [0.25, 0.3) is 0 Å². The largest absolute Gasteiger partial charge is 0.497 e. The Morgan fingerprint density at radius 3 is 2.57 bits per heavy atom. The van der Waals surface area contributed by atoms with E-state index in [-0.39, 0.29) is 5.91 Å². The number of hydrogen-bond donors (Lipinski definition) is 0. The molecule has 1 aliphatic heterocycles. The number of fused-ring (bicyclic) bond motifs is 1. The predicted octanol–water partition coefficient (Wildman–Crippen LogP) is 3.51. The molecule has 5 heteroatoms. The summed E-state index contributed by atoms with van der Waals surface area (Å²) < 4.78 is 5.23. The Balaban J connectivity index is 2.07. The van der Waals surface area contributed by atoms with E-state index >= 15 is 0 Å². The molecule has 0 saturated carbocycles. The molecule has 0 N–H and O–H groups in total. The van der Waals surface area contributed by atoms with Gasteiger partial charge in [-0.15, -0.1) is 0 Å². The molecule has 1 atom stereocenters. The number of hydrogen-bond acceptors (Lipinski definition) is 3. The summed E-state index contributed by atoms with van der Waals surface area (Å²) in [4.78, 5) is 26.2. The first-order valence-corrected chi connectivity index (χ1v) is 7.60. The molecule has 1 heterocycles. The molecule has 0 spiro atoms. The Morgan fingerprint density at radius 2 is 1.96 bits per heavy atom. The van der Waals surface area contributed by atoms with Crippen LogP contribution < -0.4 is 9.64 Å². The zero-order chi connectivity index (χ0) is 16.6. The van der Waals surface area contributed by atoms with Gasteiger partial charge in [0.05, 0.1) is 7.11 Å². The minimum atomic E-state index is -0.911. The summed E-state index contributed by atoms with van der Waals surface area (Å²) in [7, 11) is 1.59. The summed E-state index contributed by atoms with van der Waals surface area (Å²) in [5.74, 6) is 0.484. The fraction of sp³-hybridized carbons (Fsp3) is 0.222. The summed E-state index contributed by atoms with van der Waals surface area (Å²) in [6.07, 6.45) is 1.29. The van der Waals surface area contributed by atoms with Crippen LogP contribution in [0, 0.1) is 0 Å². The molecule has 1 unspecified atom stereocenters. The van der Waals surface area contributed by atoms with Crippen molar-refractivity contribution in [3.8, 4) is 5.75 Å². The predicted molar refractivity (Wildman–Crippen MR) is 89.4 cm³/mol. The molecule has 0 aliphatic carbocycles. The number of nitrogens with zero attached hydrogens (tertiary/aromatic N) is 1. The first-order valence-electron chi connectivity index (χ1n) is 7.22. The number of anilines is 1. The fourth-order valence-corrected chi connectivity index (χ4v) is 3.07. The monoisotopic (exact) mass is 329 g/mol. The van der Waals surface area contributed by atoms with Crippen molar-refractivity contribution in [2.45, 2.75) is 18.9 Å². The van der Waals surface area contributed by atoms with Crippen LogP contribution in [0.4, 0.5) is 5.69 Å². The maximum absolute atomic E-state index is 12.9. The van der Waals surface area contributed by atoms with Gasteiger partial charge < -0.3 is 9.53 Å². The molecular formula is C18H16ClNO3. The van der Waals surface area contributed by atoms with Crippen LogP contribution >= 0.6 is 11.6 Å². The molecule has 0 saturated heterocycles. The van der Waals surface area contributed by atoms with Gasteiger partial charge in [0.1, 0.15) is 17.6 Å². The normalized spacial score (nSPS) is 19.3. The van der Waals surface area contributed by atoms with E-state index in [1.165, 1.54) is 0 Å². The number of ether oxygens (including phenoxy) is 1. The molecule has 4 nitrogen and oxygen atoms in total. The number of carbonyl (C=O) groups is 2. The van der Waals surface area contributed by atoms with E-state index in [0.29, 0.717) is 22.8 Å². The molecule has 3 rings (SSSR count). The van der Waals surface area contributed by atoms with E-state index in [9.17, 15) is 9.59 Å². The zero-order valence-corrected chi connectivity index (χ0v) is 13.6. The van der Waals surface area contributed by atoms with Gasteiger partial charge in [0.2, 0.25) is 0 Å². The van der Waals surface area contributed by atoms with Gasteiger partial charge in [-0.25, -0.2) is 0 Å². The van der Waals surface area contributed by atoms with E-state index in [4.69, 9.17) is 16.3 Å². The molecule has 1 aliphatic rings. The lowest BCUT2D eigenvalue weighted by molar-refractivity contribution is -0.111. The Bertz CT molecular complexity index is 772. The van der Waals surface area contributed by atoms with Gasteiger partial charge in [-0.1, -0.05) is 11.6 Å². The second-order valence-electron chi connectivity index (χ2n) is 5.79. The van der Waals surface area contributed by atoms with Crippen LogP contribution in [0.2, 0.25) is 5.02 Å². The van der Waals surface area contributed by atoms with Crippen molar-refractivity contribution in [3.63, 3.8) is 0 Å². The van der Waals surface area contributed by atoms with Crippen molar-refractivity contribution in [1.29, 1.82) is 0 Å². The number of halogens is 1. The molecular weight excluding hydrogens is 314 g/mol. The maximum atomic E-state index is 12.9. The Hall–Kier alpha value is -2.33. The highest BCUT2D eigenvalue weighted by atomic mass is 35.5. The Kier molecular flexibility index (Phi) is 3.86. The number of methoxy groups -OCH3 is 1. The van der Waals surface area contributed by atoms with Gasteiger partial charge in [-0.3, -0.25) is 9.69 Å². The Morgan fingerprint density at radius 1 is 1.26 bits per heavy atom. The average molecular weight is 330 g/mol. The third-order valence-electron chi connectivity index (χ3n) is 4.13. The minimum Gasteiger partial charge on any atom is -0.497 e. The third-order valence-corrected chi connectivity index (χ3v) is 4.39. The lowest BCUT2D eigenvalue weighted by atomic mass is 9.98. The van der Waals surface area contributed by atoms with Crippen molar-refractivity contribution in [2.24, 2.45) is 0 Å². The number of benzene rings is 2. The van der Waals surface area contributed by atoms with E-state index in [1.54, 1.807) is 49.3 Å². The number of rotatable bonds is 3. The number of carbonyl (C=O) groups excluding carboxylic acids is 2. The van der Waals surface area contributed by atoms with Crippen molar-refractivity contribution in [3.05, 3.63) is 58.6 Å². The van der Waals surface area contributed by atoms with E-state index in [1.807, 2.05) is 12.1 Å². The molecule has 2 aromatic rings. The molecule has 0 aromatic heterocycles. The van der Waals surface area contributed by atoms with Crippen LogP contribution in [0.3, 0.4) is 0 Å². The molecule has 1 amide bonds. The number of aldehydes is 1. The zero-order valence-electron chi connectivity index (χ0n) is 12.9. The second-order valence-corrected chi connectivity index (χ2v) is 6.23. The minimum absolute atomic E-state index is 0.222. The summed E-state index contributed by atoms with van der Waals surface area (Å²) in [6, 6.07) is 12.1. The van der Waals surface area contributed by atoms with Crippen LogP contribution in [0.15, 0.2) is 42.5 Å². The number of amides is 1. The van der Waals surface area contributed by atoms with E-state index in [0.717, 1.165) is 17.5 Å². The third kappa shape index (κ3) is 2.59. The highest BCUT2D eigenvalue weighted by Gasteiger charge is 2.43. The molecule has 0 bridgehead atoms. The standard InChI is InChI=1S/C18H16ClNO3/c1-18(11-21)10-13-9-15(23-2)7-8-16(13)20(18)17(22)12-3-5-14(19)6-4-12/h3-9,11H,10H2,1-2H3. The lowest BCUT2D eigenvalue weighted by Gasteiger charge is -2.30. The lowest BCUT2D eigenvalue weighted by Crippen LogP contribution is -2.49. The van der Waals surface area contributed by atoms with Gasteiger partial charge >= 0.3 is 0 Å². The van der Waals surface area contributed by atoms with Gasteiger partial charge in [0.25, 0.3) is 5.91 Å². The van der Waals surface area contributed by atoms with E-state index < -0.39 is 5.54 Å².